The smallest absolute Gasteiger partial charge is 0.124 e. The number of benzene rings is 1. The van der Waals surface area contributed by atoms with Gasteiger partial charge < -0.3 is 4.74 Å². The minimum Gasteiger partial charge on any atom is -0.380 e. The molecule has 1 atom stereocenters. The van der Waals surface area contributed by atoms with Crippen molar-refractivity contribution in [2.75, 3.05) is 19.0 Å². The van der Waals surface area contributed by atoms with Gasteiger partial charge in [0.2, 0.25) is 0 Å². The van der Waals surface area contributed by atoms with Crippen LogP contribution in [0.1, 0.15) is 13.3 Å². The van der Waals surface area contributed by atoms with Crippen molar-refractivity contribution in [3.63, 3.8) is 0 Å². The van der Waals surface area contributed by atoms with Crippen molar-refractivity contribution in [2.45, 2.75) is 18.2 Å². The molecule has 0 aliphatic rings. The zero-order chi connectivity index (χ0) is 11.1. The first kappa shape index (κ1) is 12.3. The van der Waals surface area contributed by atoms with Crippen molar-refractivity contribution in [3.8, 4) is 0 Å². The second kappa shape index (κ2) is 6.69. The van der Waals surface area contributed by atoms with Crippen LogP contribution in [0.2, 0.25) is 0 Å². The molecule has 0 bridgehead atoms. The predicted octanol–water partition coefficient (Wildman–Crippen LogP) is 2.36. The van der Waals surface area contributed by atoms with Gasteiger partial charge in [-0.2, -0.15) is 0 Å². The van der Waals surface area contributed by atoms with Gasteiger partial charge in [0.25, 0.3) is 0 Å². The van der Waals surface area contributed by atoms with Crippen LogP contribution in [0.5, 0.6) is 0 Å². The highest BCUT2D eigenvalue weighted by Crippen LogP contribution is 2.08. The Kier molecular flexibility index (Phi) is 5.50. The lowest BCUT2D eigenvalue weighted by atomic mass is 10.4. The minimum atomic E-state index is -1.16. The van der Waals surface area contributed by atoms with Crippen molar-refractivity contribution in [3.05, 3.63) is 30.1 Å². The summed E-state index contributed by atoms with van der Waals surface area (Å²) in [5.41, 5.74) is 0. The largest absolute Gasteiger partial charge is 0.380 e. The fraction of sp³-hybridized carbons (Fsp3) is 0.455. The van der Waals surface area contributed by atoms with Gasteiger partial charge in [-0.05, 0) is 24.6 Å². The van der Waals surface area contributed by atoms with Crippen LogP contribution < -0.4 is 0 Å². The summed E-state index contributed by atoms with van der Waals surface area (Å²) >= 11 is 0. The van der Waals surface area contributed by atoms with Crippen LogP contribution in [-0.2, 0) is 15.5 Å². The molecule has 0 spiro atoms. The van der Waals surface area contributed by atoms with Crippen LogP contribution in [0.25, 0.3) is 0 Å². The average molecular weight is 230 g/mol. The third-order valence-corrected chi connectivity index (χ3v) is 3.14. The Hall–Kier alpha value is -0.740. The first-order valence-corrected chi connectivity index (χ1v) is 6.27. The molecule has 0 aromatic heterocycles. The quantitative estimate of drug-likeness (QED) is 0.701. The van der Waals surface area contributed by atoms with E-state index in [1.165, 1.54) is 12.1 Å². The van der Waals surface area contributed by atoms with Crippen molar-refractivity contribution in [1.82, 2.24) is 0 Å². The van der Waals surface area contributed by atoms with Gasteiger partial charge in [0.05, 0.1) is 23.2 Å². The summed E-state index contributed by atoms with van der Waals surface area (Å²) in [5.74, 6) is 0.0685. The average Bonchev–Trinajstić information content (AvgIpc) is 2.24. The van der Waals surface area contributed by atoms with Gasteiger partial charge in [0.1, 0.15) is 5.82 Å². The molecule has 0 aliphatic carbocycles. The molecule has 0 aliphatic heterocycles. The molecule has 0 saturated carbocycles. The second-order valence-electron chi connectivity index (χ2n) is 3.12. The summed E-state index contributed by atoms with van der Waals surface area (Å²) in [6.45, 7) is 3.15. The summed E-state index contributed by atoms with van der Waals surface area (Å²) in [6, 6.07) is 5.87. The lowest BCUT2D eigenvalue weighted by molar-refractivity contribution is 0.150. The lowest BCUT2D eigenvalue weighted by Gasteiger charge is -2.03. The molecule has 84 valence electrons. The monoisotopic (exact) mass is 230 g/mol. The molecule has 0 amide bonds. The van der Waals surface area contributed by atoms with Gasteiger partial charge in [-0.3, -0.25) is 4.21 Å². The fourth-order valence-electron chi connectivity index (χ4n) is 1.11. The van der Waals surface area contributed by atoms with Gasteiger partial charge in [-0.1, -0.05) is 13.0 Å². The van der Waals surface area contributed by atoms with E-state index in [9.17, 15) is 8.60 Å². The zero-order valence-electron chi connectivity index (χ0n) is 8.74. The third kappa shape index (κ3) is 4.53. The van der Waals surface area contributed by atoms with E-state index in [0.717, 1.165) is 6.42 Å². The van der Waals surface area contributed by atoms with Crippen LogP contribution in [-0.4, -0.2) is 23.2 Å². The molecule has 0 radical (unpaired) electrons. The number of hydrogen-bond donors (Lipinski definition) is 0. The molecule has 4 heteroatoms. The Balaban J connectivity index is 2.40. The summed E-state index contributed by atoms with van der Waals surface area (Å²) in [4.78, 5) is 0.523. The van der Waals surface area contributed by atoms with Gasteiger partial charge >= 0.3 is 0 Å². The Morgan fingerprint density at radius 3 is 2.87 bits per heavy atom. The molecular formula is C11H15FO2S. The van der Waals surface area contributed by atoms with Crippen molar-refractivity contribution in [2.24, 2.45) is 0 Å². The lowest BCUT2D eigenvalue weighted by Crippen LogP contribution is -2.07. The maximum atomic E-state index is 12.8. The van der Waals surface area contributed by atoms with E-state index in [0.29, 0.717) is 23.9 Å². The van der Waals surface area contributed by atoms with Crippen LogP contribution >= 0.6 is 0 Å². The fourth-order valence-corrected chi connectivity index (χ4v) is 2.09. The summed E-state index contributed by atoms with van der Waals surface area (Å²) in [7, 11) is -1.16. The van der Waals surface area contributed by atoms with E-state index >= 15 is 0 Å². The van der Waals surface area contributed by atoms with E-state index in [1.807, 2.05) is 6.92 Å². The number of halogens is 1. The van der Waals surface area contributed by atoms with E-state index in [1.54, 1.807) is 12.1 Å². The van der Waals surface area contributed by atoms with Gasteiger partial charge in [0, 0.05) is 11.5 Å². The minimum absolute atomic E-state index is 0.352. The molecule has 0 saturated heterocycles. The molecule has 0 fully saturated rings. The van der Waals surface area contributed by atoms with E-state index < -0.39 is 10.8 Å². The van der Waals surface area contributed by atoms with Crippen LogP contribution in [0.3, 0.4) is 0 Å². The molecule has 2 nitrogen and oxygen atoms in total. The van der Waals surface area contributed by atoms with Crippen LogP contribution in [0, 0.1) is 5.82 Å². The summed E-state index contributed by atoms with van der Waals surface area (Å²) in [6.07, 6.45) is 0.951. The second-order valence-corrected chi connectivity index (χ2v) is 4.69. The first-order valence-electron chi connectivity index (χ1n) is 4.95. The molecule has 1 aromatic carbocycles. The number of rotatable bonds is 6. The Bertz CT molecular complexity index is 328. The molecule has 0 heterocycles. The third-order valence-electron chi connectivity index (χ3n) is 1.82. The van der Waals surface area contributed by atoms with Gasteiger partial charge in [0.15, 0.2) is 0 Å². The number of ether oxygens (including phenoxy) is 1. The van der Waals surface area contributed by atoms with Gasteiger partial charge in [-0.25, -0.2) is 4.39 Å². The topological polar surface area (TPSA) is 26.3 Å². The maximum Gasteiger partial charge on any atom is 0.124 e. The van der Waals surface area contributed by atoms with Crippen LogP contribution in [0.4, 0.5) is 4.39 Å². The van der Waals surface area contributed by atoms with E-state index in [2.05, 4.69) is 0 Å². The molecule has 1 rings (SSSR count). The Morgan fingerprint density at radius 1 is 1.40 bits per heavy atom. The predicted molar refractivity (Wildman–Crippen MR) is 58.8 cm³/mol. The standard InChI is InChI=1S/C11H15FO2S/c1-2-6-14-7-8-15(13)11-5-3-4-10(12)9-11/h3-5,9H,2,6-8H2,1H3. The normalized spacial score (nSPS) is 12.7. The highest BCUT2D eigenvalue weighted by molar-refractivity contribution is 7.85. The van der Waals surface area contributed by atoms with E-state index in [4.69, 9.17) is 4.74 Å². The molecule has 15 heavy (non-hydrogen) atoms. The molecular weight excluding hydrogens is 215 g/mol. The Labute approximate surface area is 91.9 Å². The van der Waals surface area contributed by atoms with Crippen molar-refractivity contribution < 1.29 is 13.3 Å². The zero-order valence-corrected chi connectivity index (χ0v) is 9.56. The number of hydrogen-bond acceptors (Lipinski definition) is 2. The highest BCUT2D eigenvalue weighted by atomic mass is 32.2. The summed E-state index contributed by atoms with van der Waals surface area (Å²) in [5, 5.41) is 0. The SMILES string of the molecule is CCCOCCS(=O)c1cccc(F)c1. The van der Waals surface area contributed by atoms with Crippen molar-refractivity contribution >= 4 is 10.8 Å². The molecule has 1 unspecified atom stereocenters. The van der Waals surface area contributed by atoms with Crippen molar-refractivity contribution in [1.29, 1.82) is 0 Å². The van der Waals surface area contributed by atoms with E-state index in [-0.39, 0.29) is 5.82 Å². The molecule has 1 aromatic rings. The Morgan fingerprint density at radius 2 is 2.20 bits per heavy atom. The van der Waals surface area contributed by atoms with Gasteiger partial charge in [-0.15, -0.1) is 0 Å². The first-order chi connectivity index (χ1) is 7.24. The summed E-state index contributed by atoms with van der Waals surface area (Å²) < 4.78 is 29.6. The van der Waals surface area contributed by atoms with Crippen LogP contribution in [0.15, 0.2) is 29.2 Å². The highest BCUT2D eigenvalue weighted by Gasteiger charge is 2.04. The maximum absolute atomic E-state index is 12.8. The molecule has 0 N–H and O–H groups in total.